The first-order valence-corrected chi connectivity index (χ1v) is 5.94. The van der Waals surface area contributed by atoms with E-state index in [2.05, 4.69) is 9.97 Å². The monoisotopic (exact) mass is 258 g/mol. The lowest BCUT2D eigenvalue weighted by Gasteiger charge is -2.01. The van der Waals surface area contributed by atoms with Crippen LogP contribution in [0.1, 0.15) is 5.69 Å². The summed E-state index contributed by atoms with van der Waals surface area (Å²) in [4.78, 5) is 8.60. The van der Waals surface area contributed by atoms with Gasteiger partial charge in [-0.3, -0.25) is 4.40 Å². The molecule has 3 rings (SSSR count). The summed E-state index contributed by atoms with van der Waals surface area (Å²) in [6.45, 7) is 0.416. The Labute approximate surface area is 109 Å². The number of imidazole rings is 1. The Morgan fingerprint density at radius 2 is 1.89 bits per heavy atom. The molecule has 4 nitrogen and oxygen atoms in total. The van der Waals surface area contributed by atoms with Gasteiger partial charge in [-0.1, -0.05) is 23.7 Å². The van der Waals surface area contributed by atoms with Crippen molar-refractivity contribution in [2.75, 3.05) is 0 Å². The van der Waals surface area contributed by atoms with Gasteiger partial charge in [0.05, 0.1) is 5.69 Å². The predicted octanol–water partition coefficient (Wildman–Crippen LogP) is 2.51. The first-order chi connectivity index (χ1) is 8.76. The lowest BCUT2D eigenvalue weighted by Crippen LogP contribution is -1.95. The lowest BCUT2D eigenvalue weighted by atomic mass is 10.1. The van der Waals surface area contributed by atoms with Gasteiger partial charge in [0.1, 0.15) is 0 Å². The van der Waals surface area contributed by atoms with E-state index < -0.39 is 0 Å². The van der Waals surface area contributed by atoms with Crippen molar-refractivity contribution in [3.8, 4) is 11.1 Å². The smallest absolute Gasteiger partial charge is 0.233 e. The molecule has 1 aromatic carbocycles. The molecule has 0 bridgehead atoms. The average Bonchev–Trinajstić information content (AvgIpc) is 2.81. The van der Waals surface area contributed by atoms with Gasteiger partial charge in [0.2, 0.25) is 5.78 Å². The number of nitrogens with two attached hydrogens (primary N) is 1. The molecule has 0 unspecified atom stereocenters. The Hall–Kier alpha value is -1.91. The molecule has 3 aromatic rings. The number of fused-ring (bicyclic) bond motifs is 1. The van der Waals surface area contributed by atoms with E-state index in [1.54, 1.807) is 6.20 Å². The van der Waals surface area contributed by atoms with Crippen LogP contribution in [0, 0.1) is 0 Å². The number of benzene rings is 1. The predicted molar refractivity (Wildman–Crippen MR) is 71.3 cm³/mol. The van der Waals surface area contributed by atoms with Crippen LogP contribution in [0.5, 0.6) is 0 Å². The fraction of sp³-hybridized carbons (Fsp3) is 0.0769. The minimum Gasteiger partial charge on any atom is -0.325 e. The van der Waals surface area contributed by atoms with Crippen LogP contribution in [0.25, 0.3) is 16.9 Å². The SMILES string of the molecule is NCc1cn2cc(-c3ccc(Cl)cc3)cnc2n1. The van der Waals surface area contributed by atoms with Crippen LogP contribution >= 0.6 is 11.6 Å². The molecule has 0 fully saturated rings. The van der Waals surface area contributed by atoms with Crippen molar-refractivity contribution >= 4 is 17.4 Å². The van der Waals surface area contributed by atoms with E-state index in [1.165, 1.54) is 0 Å². The van der Waals surface area contributed by atoms with E-state index in [-0.39, 0.29) is 0 Å². The molecule has 2 aromatic heterocycles. The first-order valence-electron chi connectivity index (χ1n) is 5.56. The first kappa shape index (κ1) is 11.2. The summed E-state index contributed by atoms with van der Waals surface area (Å²) in [5.74, 6) is 0.660. The molecule has 0 aliphatic rings. The Kier molecular flexibility index (Phi) is 2.74. The minimum absolute atomic E-state index is 0.416. The maximum absolute atomic E-state index is 5.87. The standard InChI is InChI=1S/C13H11ClN4/c14-11-3-1-9(2-4-11)10-6-16-13-17-12(5-15)8-18(13)7-10/h1-4,6-8H,5,15H2. The summed E-state index contributed by atoms with van der Waals surface area (Å²) in [6.07, 6.45) is 5.67. The Morgan fingerprint density at radius 1 is 1.11 bits per heavy atom. The molecule has 0 saturated heterocycles. The number of hydrogen-bond acceptors (Lipinski definition) is 3. The summed E-state index contributed by atoms with van der Waals surface area (Å²) in [6, 6.07) is 7.65. The molecule has 90 valence electrons. The van der Waals surface area contributed by atoms with Gasteiger partial charge in [-0.15, -0.1) is 0 Å². The van der Waals surface area contributed by atoms with Crippen LogP contribution < -0.4 is 5.73 Å². The fourth-order valence-electron chi connectivity index (χ4n) is 1.82. The summed E-state index contributed by atoms with van der Waals surface area (Å²) in [7, 11) is 0. The molecule has 0 aliphatic carbocycles. The van der Waals surface area contributed by atoms with Crippen molar-refractivity contribution in [1.29, 1.82) is 0 Å². The largest absolute Gasteiger partial charge is 0.325 e. The van der Waals surface area contributed by atoms with Gasteiger partial charge in [0, 0.05) is 35.7 Å². The number of nitrogens with zero attached hydrogens (tertiary/aromatic N) is 3. The number of halogens is 1. The molecule has 0 amide bonds. The molecule has 5 heteroatoms. The molecular weight excluding hydrogens is 248 g/mol. The summed E-state index contributed by atoms with van der Waals surface area (Å²) in [5.41, 5.74) is 8.47. The van der Waals surface area contributed by atoms with Crippen LogP contribution in [0.2, 0.25) is 5.02 Å². The van der Waals surface area contributed by atoms with Gasteiger partial charge in [-0.05, 0) is 17.7 Å². The summed E-state index contributed by atoms with van der Waals surface area (Å²) in [5, 5.41) is 0.723. The van der Waals surface area contributed by atoms with Crippen LogP contribution in [0.4, 0.5) is 0 Å². The molecule has 2 N–H and O–H groups in total. The highest BCUT2D eigenvalue weighted by atomic mass is 35.5. The second-order valence-electron chi connectivity index (χ2n) is 3.99. The van der Waals surface area contributed by atoms with Gasteiger partial charge in [0.15, 0.2) is 0 Å². The average molecular weight is 259 g/mol. The van der Waals surface area contributed by atoms with Crippen LogP contribution in [0.3, 0.4) is 0 Å². The van der Waals surface area contributed by atoms with Crippen molar-refractivity contribution in [1.82, 2.24) is 14.4 Å². The highest BCUT2D eigenvalue weighted by Crippen LogP contribution is 2.21. The van der Waals surface area contributed by atoms with E-state index in [4.69, 9.17) is 17.3 Å². The van der Waals surface area contributed by atoms with Gasteiger partial charge in [0.25, 0.3) is 0 Å². The van der Waals surface area contributed by atoms with Gasteiger partial charge in [-0.25, -0.2) is 9.97 Å². The fourth-order valence-corrected chi connectivity index (χ4v) is 1.95. The third kappa shape index (κ3) is 1.96. The molecule has 18 heavy (non-hydrogen) atoms. The maximum atomic E-state index is 5.87. The molecule has 0 radical (unpaired) electrons. The quantitative estimate of drug-likeness (QED) is 0.768. The lowest BCUT2D eigenvalue weighted by molar-refractivity contribution is 1.01. The molecule has 0 spiro atoms. The normalized spacial score (nSPS) is 11.0. The third-order valence-corrected chi connectivity index (χ3v) is 3.00. The zero-order valence-electron chi connectivity index (χ0n) is 9.55. The third-order valence-electron chi connectivity index (χ3n) is 2.75. The number of hydrogen-bond donors (Lipinski definition) is 1. The zero-order chi connectivity index (χ0) is 12.5. The molecule has 0 saturated carbocycles. The van der Waals surface area contributed by atoms with Crippen molar-refractivity contribution in [2.24, 2.45) is 5.73 Å². The van der Waals surface area contributed by atoms with Crippen LogP contribution in [-0.4, -0.2) is 14.4 Å². The van der Waals surface area contributed by atoms with Gasteiger partial charge in [-0.2, -0.15) is 0 Å². The van der Waals surface area contributed by atoms with E-state index >= 15 is 0 Å². The summed E-state index contributed by atoms with van der Waals surface area (Å²) < 4.78 is 1.88. The maximum Gasteiger partial charge on any atom is 0.233 e. The van der Waals surface area contributed by atoms with E-state index in [9.17, 15) is 0 Å². The Morgan fingerprint density at radius 3 is 2.61 bits per heavy atom. The van der Waals surface area contributed by atoms with Crippen molar-refractivity contribution in [3.05, 3.63) is 53.6 Å². The van der Waals surface area contributed by atoms with E-state index in [0.29, 0.717) is 12.3 Å². The highest BCUT2D eigenvalue weighted by Gasteiger charge is 2.04. The topological polar surface area (TPSA) is 56.2 Å². The minimum atomic E-state index is 0.416. The zero-order valence-corrected chi connectivity index (χ0v) is 10.3. The Balaban J connectivity index is 2.09. The molecular formula is C13H11ClN4. The highest BCUT2D eigenvalue weighted by molar-refractivity contribution is 6.30. The van der Waals surface area contributed by atoms with Crippen molar-refractivity contribution in [2.45, 2.75) is 6.54 Å². The van der Waals surface area contributed by atoms with Gasteiger partial charge < -0.3 is 5.73 Å². The van der Waals surface area contributed by atoms with Gasteiger partial charge >= 0.3 is 0 Å². The van der Waals surface area contributed by atoms with Crippen molar-refractivity contribution in [3.63, 3.8) is 0 Å². The van der Waals surface area contributed by atoms with E-state index in [1.807, 2.05) is 41.1 Å². The van der Waals surface area contributed by atoms with E-state index in [0.717, 1.165) is 21.8 Å². The van der Waals surface area contributed by atoms with Crippen LogP contribution in [-0.2, 0) is 6.54 Å². The summed E-state index contributed by atoms with van der Waals surface area (Å²) >= 11 is 5.87. The number of aromatic nitrogens is 3. The van der Waals surface area contributed by atoms with Crippen molar-refractivity contribution < 1.29 is 0 Å². The second kappa shape index (κ2) is 4.40. The Bertz CT molecular complexity index is 688. The second-order valence-corrected chi connectivity index (χ2v) is 4.43. The number of rotatable bonds is 2. The molecule has 0 aliphatic heterocycles. The van der Waals surface area contributed by atoms with Crippen LogP contribution in [0.15, 0.2) is 42.9 Å². The molecule has 0 atom stereocenters. The molecule has 2 heterocycles.